The van der Waals surface area contributed by atoms with Gasteiger partial charge in [0.2, 0.25) is 0 Å². The fourth-order valence-electron chi connectivity index (χ4n) is 0.996. The van der Waals surface area contributed by atoms with E-state index in [1.54, 1.807) is 0 Å². The summed E-state index contributed by atoms with van der Waals surface area (Å²) in [6.07, 6.45) is 7.10. The van der Waals surface area contributed by atoms with Crippen molar-refractivity contribution in [3.05, 3.63) is 0 Å². The summed E-state index contributed by atoms with van der Waals surface area (Å²) in [5, 5.41) is 9.71. The average Bonchev–Trinajstić information content (AvgIpc) is 1.99. The Morgan fingerprint density at radius 3 is 1.42 bits per heavy atom. The first-order valence-electron chi connectivity index (χ1n) is 3.77. The van der Waals surface area contributed by atoms with Gasteiger partial charge in [0.1, 0.15) is 3.41 Å². The molecule has 0 amide bonds. The van der Waals surface area contributed by atoms with Crippen molar-refractivity contribution < 1.29 is 5.11 Å². The van der Waals surface area contributed by atoms with Gasteiger partial charge in [0, 0.05) is 6.42 Å². The van der Waals surface area contributed by atoms with Crippen LogP contribution in [0.1, 0.15) is 20.3 Å². The first-order valence-corrected chi connectivity index (χ1v) is 7.44. The van der Waals surface area contributed by atoms with E-state index in [0.717, 1.165) is 6.42 Å². The summed E-state index contributed by atoms with van der Waals surface area (Å²) in [6, 6.07) is 0. The van der Waals surface area contributed by atoms with Crippen molar-refractivity contribution in [2.24, 2.45) is 0 Å². The van der Waals surface area contributed by atoms with Crippen molar-refractivity contribution in [3.8, 4) is 0 Å². The van der Waals surface area contributed by atoms with Gasteiger partial charge in [-0.25, -0.2) is 0 Å². The van der Waals surface area contributed by atoms with Gasteiger partial charge in [0.05, 0.1) is 5.60 Å². The van der Waals surface area contributed by atoms with E-state index in [2.05, 4.69) is 18.8 Å². The largest absolute Gasteiger partial charge is 0.390 e. The molecule has 0 bridgehead atoms. The molecule has 0 saturated heterocycles. The Hall–Kier alpha value is 1.01. The molecule has 1 nitrogen and oxygen atoms in total. The molecule has 0 saturated carbocycles. The van der Waals surface area contributed by atoms with Crippen LogP contribution in [0.2, 0.25) is 0 Å². The van der Waals surface area contributed by atoms with Crippen LogP contribution in [0.25, 0.3) is 0 Å². The first kappa shape index (κ1) is 13.0. The van der Waals surface area contributed by atoms with E-state index in [-0.39, 0.29) is 3.41 Å². The highest BCUT2D eigenvalue weighted by Crippen LogP contribution is 2.48. The van der Waals surface area contributed by atoms with E-state index in [1.807, 2.05) is 49.1 Å². The minimum Gasteiger partial charge on any atom is -0.390 e. The van der Waals surface area contributed by atoms with Gasteiger partial charge >= 0.3 is 0 Å². The third-order valence-corrected chi connectivity index (χ3v) is 6.88. The molecule has 0 aromatic carbocycles. The van der Waals surface area contributed by atoms with Gasteiger partial charge in [-0.15, -0.1) is 35.3 Å². The smallest absolute Gasteiger partial charge is 0.108 e. The maximum atomic E-state index is 9.71. The predicted octanol–water partition coefficient (Wildman–Crippen LogP) is 2.89. The van der Waals surface area contributed by atoms with Crippen LogP contribution in [0.3, 0.4) is 0 Å². The van der Waals surface area contributed by atoms with Crippen LogP contribution in [0, 0.1) is 0 Å². The van der Waals surface area contributed by atoms with E-state index in [4.69, 9.17) is 0 Å². The van der Waals surface area contributed by atoms with Crippen LogP contribution < -0.4 is 0 Å². The molecule has 0 heterocycles. The van der Waals surface area contributed by atoms with Crippen LogP contribution in [-0.4, -0.2) is 32.9 Å². The van der Waals surface area contributed by atoms with E-state index >= 15 is 0 Å². The van der Waals surface area contributed by atoms with Gasteiger partial charge in [0.25, 0.3) is 0 Å². The summed E-state index contributed by atoms with van der Waals surface area (Å²) in [5.74, 6) is 0. The maximum Gasteiger partial charge on any atom is 0.108 e. The standard InChI is InChI=1S/C8H18OS3/c1-7(2,9)6-8(10-3,11-4)12-5/h9H,6H2,1-5H3. The minimum absolute atomic E-state index is 0.109. The van der Waals surface area contributed by atoms with Gasteiger partial charge in [0.15, 0.2) is 0 Å². The summed E-state index contributed by atoms with van der Waals surface area (Å²) < 4.78 is 0.109. The number of hydrogen-bond acceptors (Lipinski definition) is 4. The lowest BCUT2D eigenvalue weighted by Crippen LogP contribution is -2.29. The van der Waals surface area contributed by atoms with Crippen LogP contribution in [0.4, 0.5) is 0 Å². The molecule has 74 valence electrons. The SMILES string of the molecule is CSC(CC(C)(C)O)(SC)SC. The third-order valence-electron chi connectivity index (χ3n) is 1.58. The molecule has 0 spiro atoms. The summed E-state index contributed by atoms with van der Waals surface area (Å²) in [5.41, 5.74) is -0.574. The zero-order valence-corrected chi connectivity index (χ0v) is 10.8. The second-order valence-corrected chi connectivity index (χ2v) is 7.38. The number of hydrogen-bond donors (Lipinski definition) is 1. The molecule has 0 aromatic heterocycles. The zero-order valence-electron chi connectivity index (χ0n) is 8.38. The van der Waals surface area contributed by atoms with E-state index < -0.39 is 5.60 Å². The Morgan fingerprint density at radius 1 is 1.00 bits per heavy atom. The molecule has 0 aromatic rings. The summed E-state index contributed by atoms with van der Waals surface area (Å²) in [6.45, 7) is 3.73. The highest BCUT2D eigenvalue weighted by molar-refractivity contribution is 8.33. The van der Waals surface area contributed by atoms with Gasteiger partial charge < -0.3 is 5.11 Å². The minimum atomic E-state index is -0.574. The lowest BCUT2D eigenvalue weighted by Gasteiger charge is -2.33. The first-order chi connectivity index (χ1) is 5.39. The second-order valence-electron chi connectivity index (χ2n) is 3.28. The van der Waals surface area contributed by atoms with Gasteiger partial charge in [-0.1, -0.05) is 0 Å². The monoisotopic (exact) mass is 226 g/mol. The number of aliphatic hydroxyl groups is 1. The fraction of sp³-hybridized carbons (Fsp3) is 1.00. The molecule has 1 N–H and O–H groups in total. The van der Waals surface area contributed by atoms with Gasteiger partial charge in [-0.05, 0) is 32.6 Å². The van der Waals surface area contributed by atoms with Crippen LogP contribution in [-0.2, 0) is 0 Å². The fourth-order valence-corrected chi connectivity index (χ4v) is 4.49. The number of rotatable bonds is 5. The third kappa shape index (κ3) is 4.30. The zero-order chi connectivity index (χ0) is 9.83. The Bertz CT molecular complexity index is 118. The Morgan fingerprint density at radius 2 is 1.33 bits per heavy atom. The Balaban J connectivity index is 4.30. The molecule has 4 heteroatoms. The summed E-state index contributed by atoms with van der Waals surface area (Å²) >= 11 is 5.43. The summed E-state index contributed by atoms with van der Waals surface area (Å²) in [4.78, 5) is 0. The van der Waals surface area contributed by atoms with Crippen LogP contribution in [0.15, 0.2) is 0 Å². The molecule has 0 aliphatic rings. The topological polar surface area (TPSA) is 20.2 Å². The van der Waals surface area contributed by atoms with Crippen LogP contribution in [0.5, 0.6) is 0 Å². The van der Waals surface area contributed by atoms with E-state index in [0.29, 0.717) is 0 Å². The number of thioether (sulfide) groups is 3. The molecular formula is C8H18OS3. The predicted molar refractivity (Wildman–Crippen MR) is 64.2 cm³/mol. The lowest BCUT2D eigenvalue weighted by molar-refractivity contribution is 0.0739. The molecule has 0 aliphatic heterocycles. The molecular weight excluding hydrogens is 208 g/mol. The van der Waals surface area contributed by atoms with E-state index in [9.17, 15) is 5.11 Å². The van der Waals surface area contributed by atoms with Crippen molar-refractivity contribution in [1.29, 1.82) is 0 Å². The quantitative estimate of drug-likeness (QED) is 0.727. The van der Waals surface area contributed by atoms with E-state index in [1.165, 1.54) is 0 Å². The molecule has 0 radical (unpaired) electrons. The second kappa shape index (κ2) is 5.03. The average molecular weight is 226 g/mol. The van der Waals surface area contributed by atoms with Crippen molar-refractivity contribution in [2.45, 2.75) is 29.3 Å². The van der Waals surface area contributed by atoms with Crippen LogP contribution >= 0.6 is 35.3 Å². The normalized spacial score (nSPS) is 13.5. The Kier molecular flexibility index (Phi) is 5.46. The van der Waals surface area contributed by atoms with Crippen molar-refractivity contribution >= 4 is 35.3 Å². The maximum absolute atomic E-state index is 9.71. The molecule has 12 heavy (non-hydrogen) atoms. The van der Waals surface area contributed by atoms with Gasteiger partial charge in [-0.3, -0.25) is 0 Å². The molecule has 0 unspecified atom stereocenters. The lowest BCUT2D eigenvalue weighted by atomic mass is 10.1. The van der Waals surface area contributed by atoms with Crippen molar-refractivity contribution in [3.63, 3.8) is 0 Å². The molecule has 0 rings (SSSR count). The highest BCUT2D eigenvalue weighted by Gasteiger charge is 2.33. The van der Waals surface area contributed by atoms with Crippen molar-refractivity contribution in [1.82, 2.24) is 0 Å². The molecule has 0 atom stereocenters. The Labute approximate surface area is 88.5 Å². The molecule has 0 fully saturated rings. The van der Waals surface area contributed by atoms with Crippen molar-refractivity contribution in [2.75, 3.05) is 18.8 Å². The summed E-state index contributed by atoms with van der Waals surface area (Å²) in [7, 11) is 0. The highest BCUT2D eigenvalue weighted by atomic mass is 32.3. The van der Waals surface area contributed by atoms with Gasteiger partial charge in [-0.2, -0.15) is 0 Å². The molecule has 0 aliphatic carbocycles.